The first-order valence-electron chi connectivity index (χ1n) is 9.40. The SMILES string of the molecule is CCCCCCCCCc1n(CCCCC)cc[n+]1CC. The Bertz CT molecular complexity index is 354. The summed E-state index contributed by atoms with van der Waals surface area (Å²) < 4.78 is 4.93. The van der Waals surface area contributed by atoms with Crippen LogP contribution in [0.4, 0.5) is 0 Å². The van der Waals surface area contributed by atoms with Crippen LogP contribution in [-0.4, -0.2) is 4.57 Å². The van der Waals surface area contributed by atoms with Crippen molar-refractivity contribution in [3.8, 4) is 0 Å². The zero-order chi connectivity index (χ0) is 15.3. The van der Waals surface area contributed by atoms with Crippen molar-refractivity contribution in [2.75, 3.05) is 0 Å². The van der Waals surface area contributed by atoms with E-state index in [-0.39, 0.29) is 0 Å². The van der Waals surface area contributed by atoms with Crippen molar-refractivity contribution in [3.63, 3.8) is 0 Å². The Labute approximate surface area is 132 Å². The van der Waals surface area contributed by atoms with Crippen molar-refractivity contribution in [1.29, 1.82) is 0 Å². The lowest BCUT2D eigenvalue weighted by Gasteiger charge is -2.05. The van der Waals surface area contributed by atoms with Crippen molar-refractivity contribution in [1.82, 2.24) is 4.57 Å². The third-order valence-corrected chi connectivity index (χ3v) is 4.44. The predicted molar refractivity (Wildman–Crippen MR) is 91.5 cm³/mol. The van der Waals surface area contributed by atoms with Gasteiger partial charge >= 0.3 is 0 Å². The molecule has 0 unspecified atom stereocenters. The molecule has 0 fully saturated rings. The molecule has 0 atom stereocenters. The van der Waals surface area contributed by atoms with E-state index in [1.807, 2.05) is 0 Å². The fourth-order valence-electron chi connectivity index (χ4n) is 3.05. The summed E-state index contributed by atoms with van der Waals surface area (Å²) in [5, 5.41) is 0. The molecule has 0 bridgehead atoms. The van der Waals surface area contributed by atoms with E-state index in [4.69, 9.17) is 0 Å². The van der Waals surface area contributed by atoms with Crippen LogP contribution in [-0.2, 0) is 19.5 Å². The number of hydrogen-bond acceptors (Lipinski definition) is 0. The van der Waals surface area contributed by atoms with Gasteiger partial charge in [0.25, 0.3) is 5.82 Å². The second-order valence-corrected chi connectivity index (χ2v) is 6.27. The third-order valence-electron chi connectivity index (χ3n) is 4.44. The van der Waals surface area contributed by atoms with Crippen molar-refractivity contribution in [2.24, 2.45) is 0 Å². The average molecular weight is 294 g/mol. The molecule has 2 heteroatoms. The smallest absolute Gasteiger partial charge is 0.235 e. The molecule has 21 heavy (non-hydrogen) atoms. The lowest BCUT2D eigenvalue weighted by Crippen LogP contribution is -2.36. The van der Waals surface area contributed by atoms with Crippen LogP contribution < -0.4 is 4.57 Å². The molecular formula is C19H37N2+. The highest BCUT2D eigenvalue weighted by Crippen LogP contribution is 2.10. The summed E-state index contributed by atoms with van der Waals surface area (Å²) in [5.74, 6) is 1.54. The monoisotopic (exact) mass is 293 g/mol. The fourth-order valence-corrected chi connectivity index (χ4v) is 3.05. The van der Waals surface area contributed by atoms with Gasteiger partial charge in [-0.05, 0) is 26.2 Å². The zero-order valence-corrected chi connectivity index (χ0v) is 14.7. The highest BCUT2D eigenvalue weighted by Gasteiger charge is 2.14. The van der Waals surface area contributed by atoms with Crippen molar-refractivity contribution in [3.05, 3.63) is 18.2 Å². The molecule has 0 aromatic carbocycles. The normalized spacial score (nSPS) is 11.2. The highest BCUT2D eigenvalue weighted by molar-refractivity contribution is 4.84. The van der Waals surface area contributed by atoms with Gasteiger partial charge in [0.1, 0.15) is 12.4 Å². The summed E-state index contributed by atoms with van der Waals surface area (Å²) in [6.07, 6.45) is 19.6. The number of rotatable bonds is 13. The molecule has 1 aromatic rings. The van der Waals surface area contributed by atoms with E-state index in [0.717, 1.165) is 6.54 Å². The number of nitrogens with zero attached hydrogens (tertiary/aromatic N) is 2. The Kier molecular flexibility index (Phi) is 10.3. The van der Waals surface area contributed by atoms with Crippen LogP contribution in [0.1, 0.15) is 90.8 Å². The minimum atomic E-state index is 1.10. The first kappa shape index (κ1) is 18.3. The molecule has 0 spiro atoms. The summed E-state index contributed by atoms with van der Waals surface area (Å²) in [7, 11) is 0. The largest absolute Gasteiger partial charge is 0.256 e. The topological polar surface area (TPSA) is 8.81 Å². The van der Waals surface area contributed by atoms with E-state index in [1.165, 1.54) is 77.2 Å². The molecule has 2 nitrogen and oxygen atoms in total. The van der Waals surface area contributed by atoms with E-state index < -0.39 is 0 Å². The maximum atomic E-state index is 2.50. The fraction of sp³-hybridized carbons (Fsp3) is 0.842. The van der Waals surface area contributed by atoms with Crippen molar-refractivity contribution < 1.29 is 4.57 Å². The van der Waals surface area contributed by atoms with Gasteiger partial charge in [-0.2, -0.15) is 0 Å². The van der Waals surface area contributed by atoms with E-state index >= 15 is 0 Å². The van der Waals surface area contributed by atoms with Crippen LogP contribution in [0.25, 0.3) is 0 Å². The Hall–Kier alpha value is -0.790. The summed E-state index contributed by atoms with van der Waals surface area (Å²) in [6, 6.07) is 0. The molecule has 0 N–H and O–H groups in total. The van der Waals surface area contributed by atoms with Gasteiger partial charge in [0.2, 0.25) is 0 Å². The van der Waals surface area contributed by atoms with Gasteiger partial charge in [0.15, 0.2) is 0 Å². The molecule has 0 aliphatic carbocycles. The zero-order valence-electron chi connectivity index (χ0n) is 14.7. The third kappa shape index (κ3) is 7.15. The van der Waals surface area contributed by atoms with Crippen LogP contribution >= 0.6 is 0 Å². The minimum absolute atomic E-state index is 1.10. The van der Waals surface area contributed by atoms with Crippen molar-refractivity contribution >= 4 is 0 Å². The second-order valence-electron chi connectivity index (χ2n) is 6.27. The van der Waals surface area contributed by atoms with E-state index in [1.54, 1.807) is 5.82 Å². The summed E-state index contributed by atoms with van der Waals surface area (Å²) in [6.45, 7) is 9.13. The molecule has 0 radical (unpaired) electrons. The molecular weight excluding hydrogens is 256 g/mol. The van der Waals surface area contributed by atoms with Crippen molar-refractivity contribution in [2.45, 2.75) is 104 Å². The van der Waals surface area contributed by atoms with Crippen LogP contribution in [0.15, 0.2) is 12.4 Å². The first-order chi connectivity index (χ1) is 10.3. The average Bonchev–Trinajstić information content (AvgIpc) is 2.89. The highest BCUT2D eigenvalue weighted by atomic mass is 15.1. The van der Waals surface area contributed by atoms with Gasteiger partial charge in [-0.15, -0.1) is 0 Å². The first-order valence-corrected chi connectivity index (χ1v) is 9.40. The molecule has 122 valence electrons. The van der Waals surface area contributed by atoms with Gasteiger partial charge in [0.05, 0.1) is 13.1 Å². The van der Waals surface area contributed by atoms with Crippen LogP contribution in [0, 0.1) is 0 Å². The van der Waals surface area contributed by atoms with Gasteiger partial charge in [0, 0.05) is 6.42 Å². The van der Waals surface area contributed by atoms with E-state index in [9.17, 15) is 0 Å². The molecule has 0 amide bonds. The van der Waals surface area contributed by atoms with Crippen LogP contribution in [0.5, 0.6) is 0 Å². The Morgan fingerprint density at radius 3 is 2.10 bits per heavy atom. The number of aryl methyl sites for hydroxylation is 2. The second kappa shape index (κ2) is 11.8. The quantitative estimate of drug-likeness (QED) is 0.346. The molecule has 0 aliphatic heterocycles. The lowest BCUT2D eigenvalue weighted by molar-refractivity contribution is -0.700. The summed E-state index contributed by atoms with van der Waals surface area (Å²) >= 11 is 0. The molecule has 1 aromatic heterocycles. The lowest BCUT2D eigenvalue weighted by atomic mass is 10.1. The van der Waals surface area contributed by atoms with Crippen LogP contribution in [0.2, 0.25) is 0 Å². The summed E-state index contributed by atoms with van der Waals surface area (Å²) in [5.41, 5.74) is 0. The van der Waals surface area contributed by atoms with Gasteiger partial charge in [-0.25, -0.2) is 9.13 Å². The maximum Gasteiger partial charge on any atom is 0.256 e. The summed E-state index contributed by atoms with van der Waals surface area (Å²) in [4.78, 5) is 0. The number of imidazole rings is 1. The van der Waals surface area contributed by atoms with Gasteiger partial charge in [-0.3, -0.25) is 0 Å². The van der Waals surface area contributed by atoms with Crippen LogP contribution in [0.3, 0.4) is 0 Å². The molecule has 0 saturated carbocycles. The van der Waals surface area contributed by atoms with Gasteiger partial charge in [-0.1, -0.05) is 58.8 Å². The van der Waals surface area contributed by atoms with Gasteiger partial charge < -0.3 is 0 Å². The Morgan fingerprint density at radius 2 is 1.43 bits per heavy atom. The number of unbranched alkanes of at least 4 members (excludes halogenated alkanes) is 8. The Morgan fingerprint density at radius 1 is 0.810 bits per heavy atom. The molecule has 1 heterocycles. The minimum Gasteiger partial charge on any atom is -0.235 e. The van der Waals surface area contributed by atoms with E-state index in [2.05, 4.69) is 42.3 Å². The van der Waals surface area contributed by atoms with E-state index in [0.29, 0.717) is 0 Å². The molecule has 0 aliphatic rings. The maximum absolute atomic E-state index is 2.50. The Balaban J connectivity index is 2.32. The molecule has 0 saturated heterocycles. The predicted octanol–water partition coefficient (Wildman–Crippen LogP) is 5.28. The number of aromatic nitrogens is 2. The number of hydrogen-bond donors (Lipinski definition) is 0. The molecule has 1 rings (SSSR count). The standard InChI is InChI=1S/C19H37N2/c1-4-7-9-10-11-12-13-15-19-20(6-3)17-18-21(19)16-14-8-5-2/h17-18H,4-16H2,1-3H3/q+1.